The molecule has 0 aliphatic carbocycles. The highest BCUT2D eigenvalue weighted by atomic mass is 16.1. The fraction of sp³-hybridized carbons (Fsp3) is 0.231. The average Bonchev–Trinajstić information content (AvgIpc) is 2.35. The lowest BCUT2D eigenvalue weighted by atomic mass is 10.1. The first-order chi connectivity index (χ1) is 7.81. The number of amides is 1. The number of carbonyl (C=O) groups is 1. The molecule has 2 rings (SSSR count). The van der Waals surface area contributed by atoms with Crippen LogP contribution in [0.25, 0.3) is 10.9 Å². The lowest BCUT2D eigenvalue weighted by molar-refractivity contribution is 0.0954. The Balaban J connectivity index is 2.28. The molecule has 1 heterocycles. The van der Waals surface area contributed by atoms with Crippen molar-refractivity contribution in [3.05, 3.63) is 42.1 Å². The molecule has 0 bridgehead atoms. The van der Waals surface area contributed by atoms with Gasteiger partial charge in [0.2, 0.25) is 0 Å². The third kappa shape index (κ3) is 2.19. The van der Waals surface area contributed by atoms with Gasteiger partial charge in [-0.2, -0.15) is 0 Å². The second-order valence-electron chi connectivity index (χ2n) is 3.67. The average molecular weight is 214 g/mol. The molecule has 0 aliphatic heterocycles. The Hall–Kier alpha value is -1.90. The Morgan fingerprint density at radius 2 is 2.25 bits per heavy atom. The Morgan fingerprint density at radius 1 is 1.38 bits per heavy atom. The minimum absolute atomic E-state index is 0.0330. The van der Waals surface area contributed by atoms with E-state index in [1.54, 1.807) is 6.20 Å². The second kappa shape index (κ2) is 4.75. The van der Waals surface area contributed by atoms with Gasteiger partial charge >= 0.3 is 0 Å². The van der Waals surface area contributed by atoms with Crippen molar-refractivity contribution in [2.75, 3.05) is 6.54 Å². The topological polar surface area (TPSA) is 42.0 Å². The number of pyridine rings is 1. The molecule has 0 aliphatic rings. The van der Waals surface area contributed by atoms with Gasteiger partial charge in [0.1, 0.15) is 0 Å². The summed E-state index contributed by atoms with van der Waals surface area (Å²) in [5.74, 6) is -0.0330. The van der Waals surface area contributed by atoms with Crippen LogP contribution in [-0.2, 0) is 0 Å². The zero-order valence-electron chi connectivity index (χ0n) is 9.23. The predicted octanol–water partition coefficient (Wildman–Crippen LogP) is 2.37. The summed E-state index contributed by atoms with van der Waals surface area (Å²) in [4.78, 5) is 15.9. The summed E-state index contributed by atoms with van der Waals surface area (Å²) in [5, 5.41) is 3.90. The van der Waals surface area contributed by atoms with Crippen LogP contribution in [0.3, 0.4) is 0 Å². The number of carbonyl (C=O) groups excluding carboxylic acids is 1. The molecular weight excluding hydrogens is 200 g/mol. The molecule has 1 aromatic heterocycles. The van der Waals surface area contributed by atoms with Crippen molar-refractivity contribution < 1.29 is 4.79 Å². The van der Waals surface area contributed by atoms with Crippen molar-refractivity contribution >= 4 is 16.8 Å². The Labute approximate surface area is 94.5 Å². The molecule has 0 unspecified atom stereocenters. The van der Waals surface area contributed by atoms with Crippen LogP contribution in [0.1, 0.15) is 23.7 Å². The van der Waals surface area contributed by atoms with Gasteiger partial charge in [-0.15, -0.1) is 0 Å². The molecule has 0 saturated heterocycles. The van der Waals surface area contributed by atoms with Crippen LogP contribution in [0.5, 0.6) is 0 Å². The fourth-order valence-electron chi connectivity index (χ4n) is 1.55. The third-order valence-corrected chi connectivity index (χ3v) is 2.40. The van der Waals surface area contributed by atoms with Crippen molar-refractivity contribution in [1.29, 1.82) is 0 Å². The van der Waals surface area contributed by atoms with E-state index in [2.05, 4.69) is 10.3 Å². The number of nitrogens with one attached hydrogen (secondary N) is 1. The molecular formula is C13H14N2O. The quantitative estimate of drug-likeness (QED) is 0.852. The van der Waals surface area contributed by atoms with Crippen molar-refractivity contribution in [3.8, 4) is 0 Å². The van der Waals surface area contributed by atoms with Crippen LogP contribution < -0.4 is 5.32 Å². The van der Waals surface area contributed by atoms with Gasteiger partial charge in [-0.3, -0.25) is 9.78 Å². The van der Waals surface area contributed by atoms with E-state index in [-0.39, 0.29) is 5.91 Å². The van der Waals surface area contributed by atoms with Gasteiger partial charge in [-0.1, -0.05) is 19.1 Å². The smallest absolute Gasteiger partial charge is 0.251 e. The standard InChI is InChI=1S/C13H14N2O/c1-2-7-15-13(16)11-6-5-10-4-3-8-14-12(10)9-11/h3-6,8-9H,2,7H2,1H3,(H,15,16). The summed E-state index contributed by atoms with van der Waals surface area (Å²) in [5.41, 5.74) is 1.52. The first kappa shape index (κ1) is 10.6. The van der Waals surface area contributed by atoms with Crippen LogP contribution >= 0.6 is 0 Å². The van der Waals surface area contributed by atoms with Crippen LogP contribution in [-0.4, -0.2) is 17.4 Å². The Bertz CT molecular complexity index is 508. The van der Waals surface area contributed by atoms with E-state index in [9.17, 15) is 4.79 Å². The highest BCUT2D eigenvalue weighted by molar-refractivity contribution is 5.97. The molecule has 16 heavy (non-hydrogen) atoms. The van der Waals surface area contributed by atoms with Gasteiger partial charge in [-0.05, 0) is 24.6 Å². The molecule has 82 valence electrons. The van der Waals surface area contributed by atoms with Gasteiger partial charge < -0.3 is 5.32 Å². The molecule has 0 atom stereocenters. The van der Waals surface area contributed by atoms with Crippen LogP contribution in [0, 0.1) is 0 Å². The minimum Gasteiger partial charge on any atom is -0.352 e. The van der Waals surface area contributed by atoms with Crippen molar-refractivity contribution in [3.63, 3.8) is 0 Å². The van der Waals surface area contributed by atoms with Crippen molar-refractivity contribution in [2.24, 2.45) is 0 Å². The number of rotatable bonds is 3. The molecule has 1 N–H and O–H groups in total. The largest absolute Gasteiger partial charge is 0.352 e. The Kier molecular flexibility index (Phi) is 3.15. The van der Waals surface area contributed by atoms with Crippen LogP contribution in [0.2, 0.25) is 0 Å². The molecule has 0 radical (unpaired) electrons. The first-order valence-electron chi connectivity index (χ1n) is 5.44. The zero-order valence-corrected chi connectivity index (χ0v) is 9.23. The number of nitrogens with zero attached hydrogens (tertiary/aromatic N) is 1. The normalized spacial score (nSPS) is 10.3. The van der Waals surface area contributed by atoms with Crippen LogP contribution in [0.4, 0.5) is 0 Å². The molecule has 1 aromatic carbocycles. The summed E-state index contributed by atoms with van der Waals surface area (Å²) in [6.45, 7) is 2.74. The van der Waals surface area contributed by atoms with E-state index in [1.807, 2.05) is 37.3 Å². The minimum atomic E-state index is -0.0330. The summed E-state index contributed by atoms with van der Waals surface area (Å²) < 4.78 is 0. The number of fused-ring (bicyclic) bond motifs is 1. The van der Waals surface area contributed by atoms with E-state index < -0.39 is 0 Å². The molecule has 3 nitrogen and oxygen atoms in total. The number of aromatic nitrogens is 1. The maximum Gasteiger partial charge on any atom is 0.251 e. The summed E-state index contributed by atoms with van der Waals surface area (Å²) in [7, 11) is 0. The second-order valence-corrected chi connectivity index (χ2v) is 3.67. The Morgan fingerprint density at radius 3 is 3.06 bits per heavy atom. The predicted molar refractivity (Wildman–Crippen MR) is 64.4 cm³/mol. The number of hydrogen-bond donors (Lipinski definition) is 1. The third-order valence-electron chi connectivity index (χ3n) is 2.40. The number of benzene rings is 1. The maximum atomic E-state index is 11.7. The summed E-state index contributed by atoms with van der Waals surface area (Å²) >= 11 is 0. The van der Waals surface area contributed by atoms with Crippen molar-refractivity contribution in [1.82, 2.24) is 10.3 Å². The lowest BCUT2D eigenvalue weighted by Gasteiger charge is -2.04. The van der Waals surface area contributed by atoms with Crippen LogP contribution in [0.15, 0.2) is 36.5 Å². The van der Waals surface area contributed by atoms with E-state index in [0.717, 1.165) is 17.3 Å². The fourth-order valence-corrected chi connectivity index (χ4v) is 1.55. The molecule has 0 fully saturated rings. The molecule has 1 amide bonds. The van der Waals surface area contributed by atoms with E-state index >= 15 is 0 Å². The summed E-state index contributed by atoms with van der Waals surface area (Å²) in [6, 6.07) is 9.44. The van der Waals surface area contributed by atoms with E-state index in [0.29, 0.717) is 12.1 Å². The molecule has 0 saturated carbocycles. The lowest BCUT2D eigenvalue weighted by Crippen LogP contribution is -2.23. The molecule has 2 aromatic rings. The molecule has 0 spiro atoms. The maximum absolute atomic E-state index is 11.7. The van der Waals surface area contributed by atoms with Gasteiger partial charge in [0.15, 0.2) is 0 Å². The highest BCUT2D eigenvalue weighted by Crippen LogP contribution is 2.12. The van der Waals surface area contributed by atoms with Gasteiger partial charge in [-0.25, -0.2) is 0 Å². The molecule has 3 heteroatoms. The van der Waals surface area contributed by atoms with Gasteiger partial charge in [0, 0.05) is 23.7 Å². The highest BCUT2D eigenvalue weighted by Gasteiger charge is 2.05. The zero-order chi connectivity index (χ0) is 11.4. The monoisotopic (exact) mass is 214 g/mol. The van der Waals surface area contributed by atoms with Gasteiger partial charge in [0.05, 0.1) is 5.52 Å². The first-order valence-corrected chi connectivity index (χ1v) is 5.44. The van der Waals surface area contributed by atoms with E-state index in [1.165, 1.54) is 0 Å². The van der Waals surface area contributed by atoms with E-state index in [4.69, 9.17) is 0 Å². The number of hydrogen-bond acceptors (Lipinski definition) is 2. The SMILES string of the molecule is CCCNC(=O)c1ccc2cccnc2c1. The van der Waals surface area contributed by atoms with Gasteiger partial charge in [0.25, 0.3) is 5.91 Å². The van der Waals surface area contributed by atoms with Crippen molar-refractivity contribution in [2.45, 2.75) is 13.3 Å². The summed E-state index contributed by atoms with van der Waals surface area (Å²) in [6.07, 6.45) is 2.67.